The second-order valence-electron chi connectivity index (χ2n) is 2.90. The third-order valence-electron chi connectivity index (χ3n) is 2.08. The van der Waals surface area contributed by atoms with E-state index in [0.717, 1.165) is 32.7 Å². The monoisotopic (exact) mass is 165 g/mol. The predicted octanol–water partition coefficient (Wildman–Crippen LogP) is -0.321. The summed E-state index contributed by atoms with van der Waals surface area (Å²) >= 11 is 0. The van der Waals surface area contributed by atoms with Crippen LogP contribution in [0, 0.1) is 0 Å². The van der Waals surface area contributed by atoms with Gasteiger partial charge < -0.3 is 0 Å². The highest BCUT2D eigenvalue weighted by molar-refractivity contribution is 5.56. The van der Waals surface area contributed by atoms with Crippen LogP contribution in [-0.2, 0) is 0 Å². The topological polar surface area (TPSA) is 32.9 Å². The SMILES string of the molecule is C1=CN=CN(N2CC[N]CC2)C1. The minimum Gasteiger partial charge on any atom is -0.292 e. The largest absolute Gasteiger partial charge is 0.292 e. The Morgan fingerprint density at radius 1 is 1.17 bits per heavy atom. The van der Waals surface area contributed by atoms with Crippen LogP contribution in [0.5, 0.6) is 0 Å². The smallest absolute Gasteiger partial charge is 0.105 e. The fourth-order valence-corrected chi connectivity index (χ4v) is 1.42. The Labute approximate surface area is 72.5 Å². The van der Waals surface area contributed by atoms with Crippen molar-refractivity contribution in [2.75, 3.05) is 32.7 Å². The Morgan fingerprint density at radius 2 is 2.00 bits per heavy atom. The molecule has 65 valence electrons. The number of hydrogen-bond acceptors (Lipinski definition) is 3. The maximum absolute atomic E-state index is 4.29. The highest BCUT2D eigenvalue weighted by Crippen LogP contribution is 2.01. The molecule has 2 heterocycles. The van der Waals surface area contributed by atoms with Crippen molar-refractivity contribution in [1.82, 2.24) is 15.3 Å². The molecule has 0 saturated carbocycles. The lowest BCUT2D eigenvalue weighted by atomic mass is 10.4. The van der Waals surface area contributed by atoms with E-state index in [0.29, 0.717) is 0 Å². The van der Waals surface area contributed by atoms with Gasteiger partial charge in [0.2, 0.25) is 0 Å². The van der Waals surface area contributed by atoms with Crippen LogP contribution in [0.4, 0.5) is 0 Å². The third kappa shape index (κ3) is 1.65. The Hall–Kier alpha value is -0.870. The molecule has 0 unspecified atom stereocenters. The molecule has 1 saturated heterocycles. The number of rotatable bonds is 1. The molecular weight excluding hydrogens is 152 g/mol. The van der Waals surface area contributed by atoms with Gasteiger partial charge in [0.15, 0.2) is 0 Å². The van der Waals surface area contributed by atoms with Crippen molar-refractivity contribution in [2.24, 2.45) is 4.99 Å². The lowest BCUT2D eigenvalue weighted by molar-refractivity contribution is 0.0453. The van der Waals surface area contributed by atoms with Gasteiger partial charge in [-0.25, -0.2) is 15.3 Å². The van der Waals surface area contributed by atoms with Crippen LogP contribution >= 0.6 is 0 Å². The Balaban J connectivity index is 1.90. The Bertz CT molecular complexity index is 193. The number of piperazine rings is 1. The predicted molar refractivity (Wildman–Crippen MR) is 47.8 cm³/mol. The van der Waals surface area contributed by atoms with Gasteiger partial charge in [0.05, 0.1) is 6.54 Å². The normalized spacial score (nSPS) is 24.8. The summed E-state index contributed by atoms with van der Waals surface area (Å²) in [6.07, 6.45) is 5.78. The standard InChI is InChI=1S/C8H13N4/c1-2-10-8-12(5-1)11-6-3-9-4-7-11/h1-2,8H,3-7H2. The van der Waals surface area contributed by atoms with Gasteiger partial charge in [-0.3, -0.25) is 5.01 Å². The van der Waals surface area contributed by atoms with E-state index >= 15 is 0 Å². The van der Waals surface area contributed by atoms with E-state index in [1.54, 1.807) is 0 Å². The average Bonchev–Trinajstić information content (AvgIpc) is 2.21. The van der Waals surface area contributed by atoms with E-state index in [1.165, 1.54) is 0 Å². The summed E-state index contributed by atoms with van der Waals surface area (Å²) in [7, 11) is 0. The second-order valence-corrected chi connectivity index (χ2v) is 2.90. The molecule has 2 aliphatic heterocycles. The number of aliphatic imine (C=N–C) groups is 1. The molecule has 0 aromatic carbocycles. The molecule has 0 bridgehead atoms. The quantitative estimate of drug-likeness (QED) is 0.533. The second kappa shape index (κ2) is 3.69. The van der Waals surface area contributed by atoms with Gasteiger partial charge in [-0.15, -0.1) is 0 Å². The molecule has 4 nitrogen and oxygen atoms in total. The molecule has 1 radical (unpaired) electrons. The van der Waals surface area contributed by atoms with Gasteiger partial charge in [-0.2, -0.15) is 0 Å². The minimum atomic E-state index is 0.948. The molecule has 0 aliphatic carbocycles. The van der Waals surface area contributed by atoms with Gasteiger partial charge in [0.1, 0.15) is 6.34 Å². The third-order valence-corrected chi connectivity index (χ3v) is 2.08. The zero-order valence-electron chi connectivity index (χ0n) is 7.06. The first kappa shape index (κ1) is 7.76. The van der Waals surface area contributed by atoms with Crippen molar-refractivity contribution < 1.29 is 0 Å². The summed E-state index contributed by atoms with van der Waals surface area (Å²) in [6.45, 7) is 4.91. The molecule has 0 spiro atoms. The number of nitrogens with zero attached hydrogens (tertiary/aromatic N) is 4. The summed E-state index contributed by atoms with van der Waals surface area (Å²) in [5.74, 6) is 0. The summed E-state index contributed by atoms with van der Waals surface area (Å²) in [4.78, 5) is 4.08. The maximum atomic E-state index is 4.29. The lowest BCUT2D eigenvalue weighted by Gasteiger charge is -2.35. The van der Waals surface area contributed by atoms with Crippen LogP contribution in [0.1, 0.15) is 0 Å². The van der Waals surface area contributed by atoms with Crippen molar-refractivity contribution in [1.29, 1.82) is 0 Å². The summed E-state index contributed by atoms with van der Waals surface area (Å²) < 4.78 is 0. The van der Waals surface area contributed by atoms with Crippen LogP contribution in [0.2, 0.25) is 0 Å². The molecule has 12 heavy (non-hydrogen) atoms. The van der Waals surface area contributed by atoms with Crippen LogP contribution in [0.25, 0.3) is 0 Å². The average molecular weight is 165 g/mol. The van der Waals surface area contributed by atoms with Crippen molar-refractivity contribution in [3.8, 4) is 0 Å². The first-order chi connectivity index (χ1) is 5.97. The van der Waals surface area contributed by atoms with E-state index in [1.807, 2.05) is 12.5 Å². The molecule has 2 rings (SSSR count). The van der Waals surface area contributed by atoms with E-state index in [2.05, 4.69) is 26.4 Å². The minimum absolute atomic E-state index is 0.948. The molecule has 0 atom stereocenters. The first-order valence-electron chi connectivity index (χ1n) is 4.30. The molecule has 4 heteroatoms. The summed E-state index contributed by atoms with van der Waals surface area (Å²) in [5, 5.41) is 8.73. The van der Waals surface area contributed by atoms with Crippen LogP contribution < -0.4 is 5.32 Å². The van der Waals surface area contributed by atoms with Gasteiger partial charge in [0, 0.05) is 32.4 Å². The highest BCUT2D eigenvalue weighted by atomic mass is 15.6. The van der Waals surface area contributed by atoms with E-state index in [9.17, 15) is 0 Å². The van der Waals surface area contributed by atoms with Crippen LogP contribution in [0.15, 0.2) is 17.3 Å². The van der Waals surface area contributed by atoms with Gasteiger partial charge in [-0.1, -0.05) is 0 Å². The molecule has 0 aromatic rings. The summed E-state index contributed by atoms with van der Waals surface area (Å²) in [5.41, 5.74) is 0. The molecule has 0 N–H and O–H groups in total. The van der Waals surface area contributed by atoms with E-state index in [-0.39, 0.29) is 0 Å². The lowest BCUT2D eigenvalue weighted by Crippen LogP contribution is -2.50. The van der Waals surface area contributed by atoms with Crippen molar-refractivity contribution in [3.05, 3.63) is 12.3 Å². The molecule has 0 aromatic heterocycles. The maximum Gasteiger partial charge on any atom is 0.105 e. The molecular formula is C8H13N4. The number of hydrazine groups is 1. The molecule has 1 fully saturated rings. The van der Waals surface area contributed by atoms with E-state index in [4.69, 9.17) is 0 Å². The van der Waals surface area contributed by atoms with Gasteiger partial charge >= 0.3 is 0 Å². The Kier molecular flexibility index (Phi) is 2.39. The van der Waals surface area contributed by atoms with Gasteiger partial charge in [0.25, 0.3) is 0 Å². The van der Waals surface area contributed by atoms with Crippen molar-refractivity contribution in [3.63, 3.8) is 0 Å². The first-order valence-corrected chi connectivity index (χ1v) is 4.30. The highest BCUT2D eigenvalue weighted by Gasteiger charge is 2.15. The number of hydrogen-bond donors (Lipinski definition) is 0. The fourth-order valence-electron chi connectivity index (χ4n) is 1.42. The zero-order valence-corrected chi connectivity index (χ0v) is 7.06. The van der Waals surface area contributed by atoms with Crippen molar-refractivity contribution in [2.45, 2.75) is 0 Å². The fraction of sp³-hybridized carbons (Fsp3) is 0.625. The Morgan fingerprint density at radius 3 is 2.67 bits per heavy atom. The van der Waals surface area contributed by atoms with Crippen LogP contribution in [0.3, 0.4) is 0 Å². The molecule has 0 amide bonds. The summed E-state index contributed by atoms with van der Waals surface area (Å²) in [6, 6.07) is 0. The van der Waals surface area contributed by atoms with Crippen molar-refractivity contribution >= 4 is 6.34 Å². The van der Waals surface area contributed by atoms with Gasteiger partial charge in [-0.05, 0) is 6.08 Å². The molecule has 2 aliphatic rings. The zero-order chi connectivity index (χ0) is 8.23. The van der Waals surface area contributed by atoms with Crippen LogP contribution in [-0.4, -0.2) is 49.1 Å². The van der Waals surface area contributed by atoms with E-state index < -0.39 is 0 Å².